The van der Waals surface area contributed by atoms with E-state index in [4.69, 9.17) is 0 Å². The number of hydrogen-bond donors (Lipinski definition) is 1. The van der Waals surface area contributed by atoms with Gasteiger partial charge in [-0.2, -0.15) is 0 Å². The van der Waals surface area contributed by atoms with Crippen molar-refractivity contribution in [3.63, 3.8) is 0 Å². The molecule has 1 nitrogen and oxygen atoms in total. The topological polar surface area (TPSA) is 20.2 Å². The lowest BCUT2D eigenvalue weighted by molar-refractivity contribution is 0.195. The van der Waals surface area contributed by atoms with Crippen molar-refractivity contribution in [3.8, 4) is 0 Å². The summed E-state index contributed by atoms with van der Waals surface area (Å²) in [6, 6.07) is 0. The first kappa shape index (κ1) is 14.1. The average Bonchev–Trinajstić information content (AvgIpc) is 3.39. The molecule has 0 saturated heterocycles. The van der Waals surface area contributed by atoms with Crippen molar-refractivity contribution in [1.82, 2.24) is 0 Å². The predicted octanol–water partition coefficient (Wildman–Crippen LogP) is 4.66. The monoisotopic (exact) mass is 320 g/mol. The van der Waals surface area contributed by atoms with Crippen LogP contribution in [-0.4, -0.2) is 11.2 Å². The van der Waals surface area contributed by atoms with Crippen LogP contribution in [0.1, 0.15) is 39.5 Å². The molecule has 6 rings (SSSR count). The van der Waals surface area contributed by atoms with Gasteiger partial charge >= 0.3 is 0 Å². The second kappa shape index (κ2) is 4.55. The van der Waals surface area contributed by atoms with Crippen LogP contribution in [0.5, 0.6) is 0 Å². The number of aliphatic hydroxyl groups excluding tert-OH is 1. The van der Waals surface area contributed by atoms with Gasteiger partial charge in [-0.15, -0.1) is 0 Å². The van der Waals surface area contributed by atoms with Gasteiger partial charge in [-0.3, -0.25) is 0 Å². The first-order chi connectivity index (χ1) is 11.6. The van der Waals surface area contributed by atoms with Crippen LogP contribution in [0.3, 0.4) is 0 Å². The first-order valence-electron chi connectivity index (χ1n) is 10.2. The molecule has 0 radical (unpaired) electrons. The summed E-state index contributed by atoms with van der Waals surface area (Å²) in [6.07, 6.45) is 15.1. The van der Waals surface area contributed by atoms with E-state index in [0.717, 1.165) is 23.7 Å². The zero-order valence-corrected chi connectivity index (χ0v) is 14.8. The van der Waals surface area contributed by atoms with Crippen molar-refractivity contribution in [2.45, 2.75) is 45.6 Å². The standard InChI is InChI=1S/C23H28O/c1-11-5-15(11)13-3-4-14(7-13)17-8-19(17)20-10-22(20)23(24)21-9-18(21)16-6-12(16)2/h6,8-15,18-19,22-24H,3-5,7H2,1-2H3. The Morgan fingerprint density at radius 2 is 1.71 bits per heavy atom. The van der Waals surface area contributed by atoms with Gasteiger partial charge in [0.25, 0.3) is 0 Å². The van der Waals surface area contributed by atoms with Crippen molar-refractivity contribution >= 4 is 0 Å². The third kappa shape index (κ3) is 2.17. The Kier molecular flexibility index (Phi) is 2.68. The van der Waals surface area contributed by atoms with Gasteiger partial charge in [-0.05, 0) is 60.8 Å². The molecule has 1 heteroatoms. The molecule has 6 aliphatic rings. The van der Waals surface area contributed by atoms with Gasteiger partial charge in [0.2, 0.25) is 0 Å². The quantitative estimate of drug-likeness (QED) is 0.705. The number of hydrogen-bond acceptors (Lipinski definition) is 1. The molecule has 2 fully saturated rings. The Labute approximate surface area is 145 Å². The molecule has 0 spiro atoms. The summed E-state index contributed by atoms with van der Waals surface area (Å²) in [5, 5.41) is 10.6. The largest absolute Gasteiger partial charge is 0.388 e. The number of aliphatic hydroxyl groups is 1. The van der Waals surface area contributed by atoms with Gasteiger partial charge in [0.15, 0.2) is 0 Å². The molecule has 0 aliphatic heterocycles. The maximum atomic E-state index is 10.6. The molecular formula is C23H28O. The van der Waals surface area contributed by atoms with Crippen LogP contribution in [0.2, 0.25) is 0 Å². The molecule has 0 heterocycles. The maximum absolute atomic E-state index is 10.6. The summed E-state index contributed by atoms with van der Waals surface area (Å²) in [5.74, 6) is 6.16. The lowest BCUT2D eigenvalue weighted by Gasteiger charge is -2.11. The molecule has 2 saturated carbocycles. The summed E-state index contributed by atoms with van der Waals surface area (Å²) in [5.41, 5.74) is 6.10. The summed E-state index contributed by atoms with van der Waals surface area (Å²) in [7, 11) is 0. The molecule has 0 amide bonds. The van der Waals surface area contributed by atoms with E-state index in [1.54, 1.807) is 11.1 Å². The second-order valence-corrected chi connectivity index (χ2v) is 9.53. The van der Waals surface area contributed by atoms with E-state index in [-0.39, 0.29) is 6.10 Å². The molecule has 0 aromatic carbocycles. The van der Waals surface area contributed by atoms with Gasteiger partial charge in [0, 0.05) is 17.8 Å². The Morgan fingerprint density at radius 3 is 2.42 bits per heavy atom. The highest BCUT2D eigenvalue weighted by molar-refractivity contribution is 5.57. The van der Waals surface area contributed by atoms with Gasteiger partial charge in [-0.1, -0.05) is 54.9 Å². The van der Waals surface area contributed by atoms with Crippen LogP contribution in [0, 0.1) is 47.3 Å². The van der Waals surface area contributed by atoms with Gasteiger partial charge < -0.3 is 5.11 Å². The lowest BCUT2D eigenvalue weighted by Crippen LogP contribution is -2.13. The van der Waals surface area contributed by atoms with Crippen LogP contribution < -0.4 is 0 Å². The molecule has 9 atom stereocenters. The van der Waals surface area contributed by atoms with Gasteiger partial charge in [0.1, 0.15) is 0 Å². The first-order valence-corrected chi connectivity index (χ1v) is 10.2. The van der Waals surface area contributed by atoms with Crippen molar-refractivity contribution in [2.24, 2.45) is 47.3 Å². The maximum Gasteiger partial charge on any atom is 0.0859 e. The summed E-state index contributed by atoms with van der Waals surface area (Å²) in [4.78, 5) is 0. The Hall–Kier alpha value is -1.08. The lowest BCUT2D eigenvalue weighted by atomic mass is 9.95. The van der Waals surface area contributed by atoms with Crippen LogP contribution >= 0.6 is 0 Å². The second-order valence-electron chi connectivity index (χ2n) is 9.53. The molecule has 0 bridgehead atoms. The smallest absolute Gasteiger partial charge is 0.0859 e. The van der Waals surface area contributed by atoms with Gasteiger partial charge in [0.05, 0.1) is 6.10 Å². The van der Waals surface area contributed by atoms with Gasteiger partial charge in [-0.25, -0.2) is 0 Å². The molecule has 24 heavy (non-hydrogen) atoms. The highest BCUT2D eigenvalue weighted by atomic mass is 16.3. The Morgan fingerprint density at radius 1 is 0.917 bits per heavy atom. The van der Waals surface area contributed by atoms with Crippen molar-refractivity contribution in [2.75, 3.05) is 0 Å². The third-order valence-electron chi connectivity index (χ3n) is 7.85. The van der Waals surface area contributed by atoms with E-state index in [0.29, 0.717) is 23.7 Å². The molecule has 1 N–H and O–H groups in total. The normalized spacial score (nSPS) is 51.3. The summed E-state index contributed by atoms with van der Waals surface area (Å²) < 4.78 is 0. The zero-order chi connectivity index (χ0) is 16.2. The fourth-order valence-corrected chi connectivity index (χ4v) is 5.83. The SMILES string of the molecule is CC1C=C1C1C=C1C(O)C1C=C1C1C=C1C1CCC(C2CC2C)C1. The fourth-order valence-electron chi connectivity index (χ4n) is 5.83. The molecule has 0 aromatic heterocycles. The zero-order valence-electron chi connectivity index (χ0n) is 14.8. The van der Waals surface area contributed by atoms with Crippen LogP contribution in [0.15, 0.2) is 46.6 Å². The highest BCUT2D eigenvalue weighted by Gasteiger charge is 2.51. The minimum absolute atomic E-state index is 0.224. The third-order valence-corrected chi connectivity index (χ3v) is 7.85. The van der Waals surface area contributed by atoms with E-state index in [2.05, 4.69) is 38.2 Å². The van der Waals surface area contributed by atoms with E-state index in [1.165, 1.54) is 36.8 Å². The van der Waals surface area contributed by atoms with Crippen LogP contribution in [-0.2, 0) is 0 Å². The van der Waals surface area contributed by atoms with E-state index < -0.39 is 0 Å². The predicted molar refractivity (Wildman–Crippen MR) is 96.1 cm³/mol. The number of allylic oxidation sites excluding steroid dienone is 5. The minimum atomic E-state index is -0.224. The Balaban J connectivity index is 1.01. The average molecular weight is 320 g/mol. The van der Waals surface area contributed by atoms with Crippen molar-refractivity contribution in [3.05, 3.63) is 46.6 Å². The highest BCUT2D eigenvalue weighted by Crippen LogP contribution is 2.60. The summed E-state index contributed by atoms with van der Waals surface area (Å²) in [6.45, 7) is 4.68. The van der Waals surface area contributed by atoms with E-state index in [1.807, 2.05) is 0 Å². The molecular weight excluding hydrogens is 292 g/mol. The van der Waals surface area contributed by atoms with E-state index >= 15 is 0 Å². The molecule has 0 aromatic rings. The number of rotatable bonds is 6. The van der Waals surface area contributed by atoms with E-state index in [9.17, 15) is 5.11 Å². The fraction of sp³-hybridized carbons (Fsp3) is 0.652. The van der Waals surface area contributed by atoms with Crippen molar-refractivity contribution in [1.29, 1.82) is 0 Å². The van der Waals surface area contributed by atoms with Crippen molar-refractivity contribution < 1.29 is 5.11 Å². The Bertz CT molecular complexity index is 735. The van der Waals surface area contributed by atoms with Crippen LogP contribution in [0.25, 0.3) is 0 Å². The summed E-state index contributed by atoms with van der Waals surface area (Å²) >= 11 is 0. The molecule has 9 unspecified atom stereocenters. The minimum Gasteiger partial charge on any atom is -0.388 e. The molecule has 126 valence electrons. The molecule has 6 aliphatic carbocycles. The van der Waals surface area contributed by atoms with Crippen LogP contribution in [0.4, 0.5) is 0 Å².